The van der Waals surface area contributed by atoms with Gasteiger partial charge in [0.25, 0.3) is 0 Å². The molecule has 0 fully saturated rings. The predicted octanol–water partition coefficient (Wildman–Crippen LogP) is 4.14. The summed E-state index contributed by atoms with van der Waals surface area (Å²) >= 11 is 8.43. The van der Waals surface area contributed by atoms with Crippen LogP contribution in [0.1, 0.15) is 18.9 Å². The third-order valence-electron chi connectivity index (χ3n) is 3.34. The molecule has 0 aliphatic heterocycles. The number of hydrogen-bond acceptors (Lipinski definition) is 5. The minimum Gasteiger partial charge on any atom is -0.504 e. The van der Waals surface area contributed by atoms with E-state index in [-0.39, 0.29) is 16.8 Å². The van der Waals surface area contributed by atoms with Gasteiger partial charge in [0.1, 0.15) is 0 Å². The Labute approximate surface area is 165 Å². The van der Waals surface area contributed by atoms with E-state index in [4.69, 9.17) is 17.0 Å². The summed E-state index contributed by atoms with van der Waals surface area (Å²) in [4.78, 5) is 15.6. The maximum atomic E-state index is 11.3. The van der Waals surface area contributed by atoms with Crippen LogP contribution < -0.4 is 15.4 Å². The van der Waals surface area contributed by atoms with Gasteiger partial charge in [0.2, 0.25) is 5.91 Å². The average Bonchev–Trinajstić information content (AvgIpc) is 2.63. The van der Waals surface area contributed by atoms with Crippen molar-refractivity contribution in [2.75, 3.05) is 12.4 Å². The van der Waals surface area contributed by atoms with Crippen LogP contribution in [0.4, 0.5) is 11.4 Å². The highest BCUT2D eigenvalue weighted by molar-refractivity contribution is 9.10. The van der Waals surface area contributed by atoms with Crippen LogP contribution in [-0.4, -0.2) is 29.5 Å². The molecular formula is C18H18BrN3O3S. The first-order valence-corrected chi connectivity index (χ1v) is 8.94. The summed E-state index contributed by atoms with van der Waals surface area (Å²) in [6.07, 6.45) is 1.92. The summed E-state index contributed by atoms with van der Waals surface area (Å²) in [5.41, 5.74) is 1.96. The number of nitrogens with zero attached hydrogens (tertiary/aromatic N) is 1. The van der Waals surface area contributed by atoms with Crippen LogP contribution in [0.15, 0.2) is 45.9 Å². The largest absolute Gasteiger partial charge is 0.504 e. The van der Waals surface area contributed by atoms with Crippen molar-refractivity contribution in [3.05, 3.63) is 46.4 Å². The van der Waals surface area contributed by atoms with Gasteiger partial charge in [-0.05, 0) is 48.6 Å². The van der Waals surface area contributed by atoms with Crippen LogP contribution in [0.3, 0.4) is 0 Å². The second-order valence-electron chi connectivity index (χ2n) is 5.21. The van der Waals surface area contributed by atoms with Crippen LogP contribution in [-0.2, 0) is 4.79 Å². The second kappa shape index (κ2) is 9.30. The molecule has 6 nitrogen and oxygen atoms in total. The Morgan fingerprint density at radius 1 is 1.35 bits per heavy atom. The number of methoxy groups -OCH3 is 1. The zero-order chi connectivity index (χ0) is 19.1. The van der Waals surface area contributed by atoms with E-state index in [2.05, 4.69) is 31.6 Å². The number of aromatic hydroxyl groups is 1. The fraction of sp³-hybridized carbons (Fsp3) is 0.167. The van der Waals surface area contributed by atoms with Crippen molar-refractivity contribution < 1.29 is 14.6 Å². The third-order valence-corrected chi connectivity index (χ3v) is 4.00. The number of carbonyl (C=O) groups excluding carboxylic acids is 1. The van der Waals surface area contributed by atoms with E-state index >= 15 is 0 Å². The summed E-state index contributed by atoms with van der Waals surface area (Å²) < 4.78 is 5.89. The molecule has 0 saturated carbocycles. The number of thiocarbonyl (C=S) groups is 1. The van der Waals surface area contributed by atoms with E-state index in [9.17, 15) is 9.90 Å². The first kappa shape index (κ1) is 19.9. The first-order valence-electron chi connectivity index (χ1n) is 7.74. The summed E-state index contributed by atoms with van der Waals surface area (Å²) in [5, 5.41) is 15.9. The lowest BCUT2D eigenvalue weighted by molar-refractivity contribution is -0.119. The number of ether oxygens (including phenoxy) is 1. The van der Waals surface area contributed by atoms with Crippen LogP contribution >= 0.6 is 28.1 Å². The molecule has 0 unspecified atom stereocenters. The summed E-state index contributed by atoms with van der Waals surface area (Å²) in [5.74, 6) is 0.241. The molecule has 2 rings (SSSR count). The molecule has 0 aromatic heterocycles. The Hall–Kier alpha value is -2.45. The molecule has 0 bridgehead atoms. The standard InChI is InChI=1S/C18H18BrN3O3S/c1-3-16(23)22-18(26)21-14-6-4-13(5-7-14)20-10-11-8-12(19)9-15(25-2)17(11)24/h4-10,24H,3H2,1-2H3,(H2,21,22,23,26). The zero-order valence-electron chi connectivity index (χ0n) is 14.2. The lowest BCUT2D eigenvalue weighted by Gasteiger charge is -2.09. The van der Waals surface area contributed by atoms with E-state index in [1.54, 1.807) is 49.5 Å². The number of hydrogen-bond donors (Lipinski definition) is 3. The molecule has 0 aliphatic carbocycles. The van der Waals surface area contributed by atoms with E-state index in [0.717, 1.165) is 10.2 Å². The Balaban J connectivity index is 2.08. The van der Waals surface area contributed by atoms with Crippen LogP contribution in [0.25, 0.3) is 0 Å². The van der Waals surface area contributed by atoms with E-state index in [1.807, 2.05) is 0 Å². The lowest BCUT2D eigenvalue weighted by atomic mass is 10.2. The molecule has 0 heterocycles. The normalized spacial score (nSPS) is 10.6. The predicted molar refractivity (Wildman–Crippen MR) is 111 cm³/mol. The molecule has 8 heteroatoms. The minimum absolute atomic E-state index is 0.0229. The van der Waals surface area contributed by atoms with Crippen molar-refractivity contribution in [1.82, 2.24) is 5.32 Å². The van der Waals surface area contributed by atoms with Gasteiger partial charge in [0.05, 0.1) is 12.8 Å². The van der Waals surface area contributed by atoms with Gasteiger partial charge in [-0.15, -0.1) is 0 Å². The molecule has 2 aromatic rings. The Bertz CT molecular complexity index is 838. The molecule has 0 atom stereocenters. The molecule has 0 aliphatic rings. The number of rotatable bonds is 5. The van der Waals surface area contributed by atoms with Crippen LogP contribution in [0.2, 0.25) is 0 Å². The van der Waals surface area contributed by atoms with E-state index < -0.39 is 0 Å². The number of phenols is 1. The highest BCUT2D eigenvalue weighted by Crippen LogP contribution is 2.32. The molecule has 2 aromatic carbocycles. The van der Waals surface area contributed by atoms with Crippen molar-refractivity contribution in [1.29, 1.82) is 0 Å². The number of carbonyl (C=O) groups is 1. The molecule has 0 radical (unpaired) electrons. The number of benzene rings is 2. The van der Waals surface area contributed by atoms with Crippen molar-refractivity contribution >= 4 is 56.8 Å². The van der Waals surface area contributed by atoms with Crippen molar-refractivity contribution in [3.63, 3.8) is 0 Å². The Morgan fingerprint density at radius 3 is 2.65 bits per heavy atom. The number of halogens is 1. The molecule has 26 heavy (non-hydrogen) atoms. The topological polar surface area (TPSA) is 83.0 Å². The Kier molecular flexibility index (Phi) is 7.11. The second-order valence-corrected chi connectivity index (χ2v) is 6.53. The highest BCUT2D eigenvalue weighted by Gasteiger charge is 2.08. The highest BCUT2D eigenvalue weighted by atomic mass is 79.9. The van der Waals surface area contributed by atoms with Gasteiger partial charge in [-0.25, -0.2) is 0 Å². The summed E-state index contributed by atoms with van der Waals surface area (Å²) in [6.45, 7) is 1.75. The third kappa shape index (κ3) is 5.53. The van der Waals surface area contributed by atoms with Crippen molar-refractivity contribution in [2.24, 2.45) is 4.99 Å². The minimum atomic E-state index is -0.145. The molecule has 3 N–H and O–H groups in total. The molecule has 0 saturated heterocycles. The molecule has 1 amide bonds. The van der Waals surface area contributed by atoms with Crippen molar-refractivity contribution in [3.8, 4) is 11.5 Å². The number of nitrogens with one attached hydrogen (secondary N) is 2. The summed E-state index contributed by atoms with van der Waals surface area (Å²) in [6, 6.07) is 10.6. The van der Waals surface area contributed by atoms with Gasteiger partial charge in [-0.3, -0.25) is 9.79 Å². The van der Waals surface area contributed by atoms with Crippen LogP contribution in [0, 0.1) is 0 Å². The SMILES string of the molecule is CCC(=O)NC(=S)Nc1ccc(N=Cc2cc(Br)cc(OC)c2O)cc1. The maximum Gasteiger partial charge on any atom is 0.225 e. The van der Waals surface area contributed by atoms with Gasteiger partial charge in [-0.2, -0.15) is 0 Å². The van der Waals surface area contributed by atoms with Crippen molar-refractivity contribution in [2.45, 2.75) is 13.3 Å². The van der Waals surface area contributed by atoms with Crippen LogP contribution in [0.5, 0.6) is 11.5 Å². The quantitative estimate of drug-likeness (QED) is 0.485. The lowest BCUT2D eigenvalue weighted by Crippen LogP contribution is -2.33. The molecule has 0 spiro atoms. The monoisotopic (exact) mass is 435 g/mol. The zero-order valence-corrected chi connectivity index (χ0v) is 16.6. The van der Waals surface area contributed by atoms with Gasteiger partial charge in [0, 0.05) is 28.4 Å². The van der Waals surface area contributed by atoms with Gasteiger partial charge >= 0.3 is 0 Å². The van der Waals surface area contributed by atoms with Gasteiger partial charge in [0.15, 0.2) is 16.6 Å². The maximum absolute atomic E-state index is 11.3. The molecule has 136 valence electrons. The van der Waals surface area contributed by atoms with E-state index in [0.29, 0.717) is 23.4 Å². The van der Waals surface area contributed by atoms with Gasteiger partial charge < -0.3 is 20.5 Å². The first-order chi connectivity index (χ1) is 12.4. The Morgan fingerprint density at radius 2 is 2.04 bits per heavy atom. The van der Waals surface area contributed by atoms with Gasteiger partial charge in [-0.1, -0.05) is 22.9 Å². The smallest absolute Gasteiger partial charge is 0.225 e. The molecular weight excluding hydrogens is 418 g/mol. The summed E-state index contributed by atoms with van der Waals surface area (Å²) in [7, 11) is 1.49. The number of anilines is 1. The fourth-order valence-electron chi connectivity index (χ4n) is 2.00. The number of amides is 1. The fourth-order valence-corrected chi connectivity index (χ4v) is 2.69. The average molecular weight is 436 g/mol. The van der Waals surface area contributed by atoms with E-state index in [1.165, 1.54) is 7.11 Å². The number of phenolic OH excluding ortho intramolecular Hbond substituents is 1. The number of aliphatic imine (C=N–C) groups is 1.